The van der Waals surface area contributed by atoms with Crippen LogP contribution in [-0.4, -0.2) is 41.1 Å². The summed E-state index contributed by atoms with van der Waals surface area (Å²) in [6.45, 7) is 3.14. The normalized spacial score (nSPS) is 25.4. The monoisotopic (exact) mass is 426 g/mol. The maximum Gasteiger partial charge on any atom is 0.335 e. The largest absolute Gasteiger partial charge is 0.478 e. The molecule has 3 aliphatic heterocycles. The maximum atomic E-state index is 11.4. The average molecular weight is 427 g/mol. The summed E-state index contributed by atoms with van der Waals surface area (Å²) < 4.78 is 0. The third-order valence-electron chi connectivity index (χ3n) is 7.27. The number of carbonyl (C=O) groups is 1. The molecule has 3 saturated heterocycles. The Morgan fingerprint density at radius 2 is 1.47 bits per heavy atom. The molecule has 0 radical (unpaired) electrons. The molecule has 0 aromatic heterocycles. The summed E-state index contributed by atoms with van der Waals surface area (Å²) in [4.78, 5) is 14.1. The van der Waals surface area contributed by atoms with Crippen molar-refractivity contribution in [2.24, 2.45) is 5.92 Å². The lowest BCUT2D eigenvalue weighted by atomic mass is 9.70. The number of hydrogen-bond donors (Lipinski definition) is 2. The second-order valence-electron chi connectivity index (χ2n) is 9.07. The van der Waals surface area contributed by atoms with Crippen molar-refractivity contribution in [3.05, 3.63) is 107 Å². The van der Waals surface area contributed by atoms with Gasteiger partial charge in [-0.25, -0.2) is 4.79 Å². The van der Waals surface area contributed by atoms with Crippen LogP contribution in [0.1, 0.15) is 45.8 Å². The molecular formula is C28H30N2O2. The summed E-state index contributed by atoms with van der Waals surface area (Å²) in [6.07, 6.45) is 2.48. The van der Waals surface area contributed by atoms with Crippen LogP contribution in [0.3, 0.4) is 0 Å². The van der Waals surface area contributed by atoms with Gasteiger partial charge in [0.1, 0.15) is 0 Å². The first-order valence-corrected chi connectivity index (χ1v) is 11.6. The Morgan fingerprint density at radius 1 is 0.875 bits per heavy atom. The molecule has 3 heterocycles. The van der Waals surface area contributed by atoms with Crippen LogP contribution < -0.4 is 5.32 Å². The van der Waals surface area contributed by atoms with E-state index in [-0.39, 0.29) is 5.92 Å². The van der Waals surface area contributed by atoms with Gasteiger partial charge in [-0.1, -0.05) is 72.8 Å². The molecule has 3 unspecified atom stereocenters. The third-order valence-corrected chi connectivity index (χ3v) is 7.27. The van der Waals surface area contributed by atoms with Gasteiger partial charge in [0.2, 0.25) is 0 Å². The highest BCUT2D eigenvalue weighted by Crippen LogP contribution is 2.42. The van der Waals surface area contributed by atoms with Crippen LogP contribution in [0.5, 0.6) is 0 Å². The van der Waals surface area contributed by atoms with Gasteiger partial charge < -0.3 is 10.4 Å². The number of piperidine rings is 3. The number of nitrogens with zero attached hydrogens (tertiary/aromatic N) is 1. The van der Waals surface area contributed by atoms with Crippen molar-refractivity contribution in [1.29, 1.82) is 0 Å². The fraction of sp³-hybridized carbons (Fsp3) is 0.321. The fourth-order valence-electron chi connectivity index (χ4n) is 5.70. The molecule has 0 spiro atoms. The van der Waals surface area contributed by atoms with Crippen LogP contribution in [0.25, 0.3) is 0 Å². The van der Waals surface area contributed by atoms with E-state index < -0.39 is 5.97 Å². The van der Waals surface area contributed by atoms with Crippen LogP contribution in [0.4, 0.5) is 0 Å². The zero-order valence-corrected chi connectivity index (χ0v) is 18.2. The van der Waals surface area contributed by atoms with E-state index in [9.17, 15) is 9.90 Å². The Morgan fingerprint density at radius 3 is 2.09 bits per heavy atom. The standard InChI is InChI=1S/C28H30N2O2/c31-28(32)24-13-11-22(12-14-24)25(21-9-5-2-6-10-21)27-26(23-15-17-30(27)18-16-23)29-19-20-7-3-1-4-8-20/h1-14,23,25-27,29H,15-19H2,(H,31,32). The number of carboxylic acid groups (broad SMARTS) is 1. The lowest BCUT2D eigenvalue weighted by Crippen LogP contribution is -2.64. The van der Waals surface area contributed by atoms with Crippen molar-refractivity contribution in [2.75, 3.05) is 13.1 Å². The van der Waals surface area contributed by atoms with Gasteiger partial charge in [-0.15, -0.1) is 0 Å². The smallest absolute Gasteiger partial charge is 0.335 e. The van der Waals surface area contributed by atoms with Crippen molar-refractivity contribution in [2.45, 2.75) is 37.4 Å². The average Bonchev–Trinajstić information content (AvgIpc) is 2.86. The predicted molar refractivity (Wildman–Crippen MR) is 127 cm³/mol. The minimum Gasteiger partial charge on any atom is -0.478 e. The molecule has 164 valence electrons. The van der Waals surface area contributed by atoms with Gasteiger partial charge in [-0.2, -0.15) is 0 Å². The van der Waals surface area contributed by atoms with E-state index in [1.54, 1.807) is 12.1 Å². The van der Waals surface area contributed by atoms with Crippen LogP contribution in [-0.2, 0) is 6.54 Å². The van der Waals surface area contributed by atoms with Gasteiger partial charge in [0.15, 0.2) is 0 Å². The van der Waals surface area contributed by atoms with Gasteiger partial charge in [0.25, 0.3) is 0 Å². The molecule has 6 rings (SSSR count). The van der Waals surface area contributed by atoms with E-state index in [1.165, 1.54) is 29.5 Å². The predicted octanol–water partition coefficient (Wildman–Crippen LogP) is 4.77. The molecule has 2 bridgehead atoms. The van der Waals surface area contributed by atoms with Gasteiger partial charge in [0, 0.05) is 24.5 Å². The first-order chi connectivity index (χ1) is 15.7. The molecule has 0 saturated carbocycles. The number of rotatable bonds is 7. The van der Waals surface area contributed by atoms with Crippen molar-refractivity contribution >= 4 is 5.97 Å². The molecule has 0 aliphatic carbocycles. The number of carboxylic acids is 1. The van der Waals surface area contributed by atoms with Crippen LogP contribution in [0.15, 0.2) is 84.9 Å². The molecule has 4 heteroatoms. The minimum atomic E-state index is -0.879. The topological polar surface area (TPSA) is 52.6 Å². The summed E-state index contributed by atoms with van der Waals surface area (Å²) in [5.74, 6) is -0.0238. The van der Waals surface area contributed by atoms with E-state index in [4.69, 9.17) is 0 Å². The van der Waals surface area contributed by atoms with Crippen LogP contribution in [0, 0.1) is 5.92 Å². The Balaban J connectivity index is 1.51. The Hall–Kier alpha value is -2.95. The lowest BCUT2D eigenvalue weighted by Gasteiger charge is -2.54. The molecule has 32 heavy (non-hydrogen) atoms. The first-order valence-electron chi connectivity index (χ1n) is 11.6. The van der Waals surface area contributed by atoms with E-state index in [0.29, 0.717) is 23.6 Å². The number of fused-ring (bicyclic) bond motifs is 3. The number of benzene rings is 3. The van der Waals surface area contributed by atoms with Crippen LogP contribution >= 0.6 is 0 Å². The number of aromatic carboxylic acids is 1. The summed E-state index contributed by atoms with van der Waals surface area (Å²) in [5.41, 5.74) is 4.12. The zero-order valence-electron chi connectivity index (χ0n) is 18.2. The van der Waals surface area contributed by atoms with Gasteiger partial charge >= 0.3 is 5.97 Å². The summed E-state index contributed by atoms with van der Waals surface area (Å²) in [5, 5.41) is 13.3. The van der Waals surface area contributed by atoms with Gasteiger partial charge in [-0.05, 0) is 60.7 Å². The highest BCUT2D eigenvalue weighted by molar-refractivity contribution is 5.87. The number of hydrogen-bond acceptors (Lipinski definition) is 3. The van der Waals surface area contributed by atoms with Gasteiger partial charge in [0.05, 0.1) is 5.56 Å². The second-order valence-corrected chi connectivity index (χ2v) is 9.07. The maximum absolute atomic E-state index is 11.4. The quantitative estimate of drug-likeness (QED) is 0.571. The molecule has 3 aliphatic rings. The van der Waals surface area contributed by atoms with E-state index in [1.807, 2.05) is 12.1 Å². The highest BCUT2D eigenvalue weighted by Gasteiger charge is 2.46. The summed E-state index contributed by atoms with van der Waals surface area (Å²) in [7, 11) is 0. The van der Waals surface area contributed by atoms with Crippen molar-refractivity contribution in [3.8, 4) is 0 Å². The number of nitrogens with one attached hydrogen (secondary N) is 1. The lowest BCUT2D eigenvalue weighted by molar-refractivity contribution is 0.00468. The molecule has 3 aromatic rings. The molecule has 3 aromatic carbocycles. The SMILES string of the molecule is O=C(O)c1ccc(C(c2ccccc2)C2C(NCc3ccccc3)C3CCN2CC3)cc1. The van der Waals surface area contributed by atoms with E-state index in [0.717, 1.165) is 19.6 Å². The van der Waals surface area contributed by atoms with Crippen molar-refractivity contribution in [1.82, 2.24) is 10.2 Å². The fourth-order valence-corrected chi connectivity index (χ4v) is 5.70. The van der Waals surface area contributed by atoms with E-state index in [2.05, 4.69) is 70.9 Å². The van der Waals surface area contributed by atoms with Crippen molar-refractivity contribution < 1.29 is 9.90 Å². The molecule has 3 fully saturated rings. The molecule has 4 nitrogen and oxygen atoms in total. The Labute approximate surface area is 189 Å². The molecule has 3 atom stereocenters. The second kappa shape index (κ2) is 9.27. The van der Waals surface area contributed by atoms with E-state index >= 15 is 0 Å². The summed E-state index contributed by atoms with van der Waals surface area (Å²) >= 11 is 0. The summed E-state index contributed by atoms with van der Waals surface area (Å²) in [6, 6.07) is 29.6. The minimum absolute atomic E-state index is 0.190. The highest BCUT2D eigenvalue weighted by atomic mass is 16.4. The van der Waals surface area contributed by atoms with Crippen molar-refractivity contribution in [3.63, 3.8) is 0 Å². The first kappa shape index (κ1) is 20.9. The zero-order chi connectivity index (χ0) is 21.9. The Kier molecular flexibility index (Phi) is 6.06. The Bertz CT molecular complexity index is 1030. The molecule has 0 amide bonds. The molecule has 2 N–H and O–H groups in total. The third kappa shape index (κ3) is 4.21. The van der Waals surface area contributed by atoms with Crippen LogP contribution in [0.2, 0.25) is 0 Å². The van der Waals surface area contributed by atoms with Gasteiger partial charge in [-0.3, -0.25) is 4.90 Å². The molecular weight excluding hydrogens is 396 g/mol.